The van der Waals surface area contributed by atoms with Crippen LogP contribution < -0.4 is 5.73 Å². The van der Waals surface area contributed by atoms with Gasteiger partial charge in [-0.3, -0.25) is 9.59 Å². The predicted octanol–water partition coefficient (Wildman–Crippen LogP) is 4.19. The van der Waals surface area contributed by atoms with E-state index in [9.17, 15) is 14.0 Å². The fourth-order valence-corrected chi connectivity index (χ4v) is 3.35. The molecule has 0 aliphatic carbocycles. The second-order valence-electron chi connectivity index (χ2n) is 5.39. The number of hydrogen-bond donors (Lipinski definition) is 1. The molecule has 0 unspecified atom stereocenters. The zero-order chi connectivity index (χ0) is 17.3. The fraction of sp³-hybridized carbons (Fsp3) is 0.0526. The number of hydrogen-bond acceptors (Lipinski definition) is 3. The SMILES string of the molecule is Cc1ccc(C(N)=O)cc1C(=O)c1ccc(-c2ccc(F)cc2)s1. The molecule has 1 heterocycles. The summed E-state index contributed by atoms with van der Waals surface area (Å²) in [7, 11) is 0. The third kappa shape index (κ3) is 3.12. The molecule has 3 aromatic rings. The quantitative estimate of drug-likeness (QED) is 0.725. The van der Waals surface area contributed by atoms with Gasteiger partial charge in [-0.05, 0) is 54.4 Å². The summed E-state index contributed by atoms with van der Waals surface area (Å²) < 4.78 is 13.0. The minimum Gasteiger partial charge on any atom is -0.366 e. The normalized spacial score (nSPS) is 10.6. The van der Waals surface area contributed by atoms with Gasteiger partial charge in [0.25, 0.3) is 0 Å². The highest BCUT2D eigenvalue weighted by molar-refractivity contribution is 7.17. The first kappa shape index (κ1) is 16.1. The fourth-order valence-electron chi connectivity index (χ4n) is 2.38. The Morgan fingerprint density at radius 3 is 2.38 bits per heavy atom. The van der Waals surface area contributed by atoms with E-state index in [1.165, 1.54) is 29.5 Å². The summed E-state index contributed by atoms with van der Waals surface area (Å²) >= 11 is 1.33. The molecule has 0 fully saturated rings. The first-order chi connectivity index (χ1) is 11.5. The van der Waals surface area contributed by atoms with Gasteiger partial charge in [-0.15, -0.1) is 11.3 Å². The molecule has 5 heteroatoms. The number of thiophene rings is 1. The van der Waals surface area contributed by atoms with E-state index < -0.39 is 5.91 Å². The van der Waals surface area contributed by atoms with Crippen molar-refractivity contribution in [1.82, 2.24) is 0 Å². The monoisotopic (exact) mass is 339 g/mol. The van der Waals surface area contributed by atoms with E-state index in [2.05, 4.69) is 0 Å². The number of carbonyl (C=O) groups excluding carboxylic acids is 2. The number of aryl methyl sites for hydroxylation is 1. The number of carbonyl (C=O) groups is 2. The second kappa shape index (κ2) is 6.37. The highest BCUT2D eigenvalue weighted by Crippen LogP contribution is 2.30. The lowest BCUT2D eigenvalue weighted by Crippen LogP contribution is -2.12. The summed E-state index contributed by atoms with van der Waals surface area (Å²) in [5, 5.41) is 0. The van der Waals surface area contributed by atoms with Crippen molar-refractivity contribution in [2.24, 2.45) is 5.73 Å². The van der Waals surface area contributed by atoms with Crippen LogP contribution in [0, 0.1) is 12.7 Å². The number of ketones is 1. The number of primary amides is 1. The van der Waals surface area contributed by atoms with Crippen molar-refractivity contribution in [2.45, 2.75) is 6.92 Å². The van der Waals surface area contributed by atoms with Gasteiger partial charge in [0.1, 0.15) is 5.82 Å². The summed E-state index contributed by atoms with van der Waals surface area (Å²) in [6, 6.07) is 14.5. The van der Waals surface area contributed by atoms with Gasteiger partial charge in [0.2, 0.25) is 11.7 Å². The molecule has 24 heavy (non-hydrogen) atoms. The van der Waals surface area contributed by atoms with Crippen LogP contribution >= 0.6 is 11.3 Å². The Morgan fingerprint density at radius 2 is 1.71 bits per heavy atom. The van der Waals surface area contributed by atoms with Crippen LogP contribution in [-0.2, 0) is 0 Å². The molecule has 0 aliphatic heterocycles. The Bertz CT molecular complexity index is 929. The highest BCUT2D eigenvalue weighted by Gasteiger charge is 2.16. The maximum atomic E-state index is 13.0. The van der Waals surface area contributed by atoms with Crippen molar-refractivity contribution in [2.75, 3.05) is 0 Å². The minimum absolute atomic E-state index is 0.158. The number of halogens is 1. The van der Waals surface area contributed by atoms with Gasteiger partial charge >= 0.3 is 0 Å². The second-order valence-corrected chi connectivity index (χ2v) is 6.48. The smallest absolute Gasteiger partial charge is 0.248 e. The van der Waals surface area contributed by atoms with Gasteiger partial charge in [-0.2, -0.15) is 0 Å². The molecule has 0 radical (unpaired) electrons. The topological polar surface area (TPSA) is 60.2 Å². The Labute approximate surface area is 142 Å². The van der Waals surface area contributed by atoms with Gasteiger partial charge < -0.3 is 5.73 Å². The molecule has 2 N–H and O–H groups in total. The third-order valence-electron chi connectivity index (χ3n) is 3.73. The largest absolute Gasteiger partial charge is 0.366 e. The van der Waals surface area contributed by atoms with E-state index >= 15 is 0 Å². The zero-order valence-electron chi connectivity index (χ0n) is 12.9. The lowest BCUT2D eigenvalue weighted by atomic mass is 10.0. The van der Waals surface area contributed by atoms with E-state index in [0.717, 1.165) is 16.0 Å². The molecule has 0 saturated carbocycles. The minimum atomic E-state index is -0.567. The first-order valence-electron chi connectivity index (χ1n) is 7.26. The van der Waals surface area contributed by atoms with E-state index in [1.807, 2.05) is 13.0 Å². The average molecular weight is 339 g/mol. The predicted molar refractivity (Wildman–Crippen MR) is 92.8 cm³/mol. The maximum Gasteiger partial charge on any atom is 0.248 e. The van der Waals surface area contributed by atoms with E-state index in [0.29, 0.717) is 16.0 Å². The summed E-state index contributed by atoms with van der Waals surface area (Å²) in [5.74, 6) is -1.03. The van der Waals surface area contributed by atoms with Crippen LogP contribution in [0.25, 0.3) is 10.4 Å². The highest BCUT2D eigenvalue weighted by atomic mass is 32.1. The molecule has 1 amide bonds. The van der Waals surface area contributed by atoms with Crippen LogP contribution in [0.4, 0.5) is 4.39 Å². The van der Waals surface area contributed by atoms with Crippen LogP contribution in [0.5, 0.6) is 0 Å². The van der Waals surface area contributed by atoms with Gasteiger partial charge in [0.15, 0.2) is 0 Å². The lowest BCUT2D eigenvalue weighted by molar-refractivity contribution is 0.1000. The van der Waals surface area contributed by atoms with Crippen LogP contribution in [0.2, 0.25) is 0 Å². The van der Waals surface area contributed by atoms with E-state index in [-0.39, 0.29) is 11.6 Å². The molecule has 2 aromatic carbocycles. The average Bonchev–Trinajstić information content (AvgIpc) is 3.05. The molecule has 120 valence electrons. The molecular weight excluding hydrogens is 325 g/mol. The molecular formula is C19H14FNO2S. The molecule has 0 saturated heterocycles. The van der Waals surface area contributed by atoms with Crippen molar-refractivity contribution in [1.29, 1.82) is 0 Å². The Hall–Kier alpha value is -2.79. The molecule has 0 aliphatic rings. The number of nitrogens with two attached hydrogens (primary N) is 1. The Balaban J connectivity index is 1.95. The maximum absolute atomic E-state index is 13.0. The lowest BCUT2D eigenvalue weighted by Gasteiger charge is -2.05. The van der Waals surface area contributed by atoms with Crippen molar-refractivity contribution < 1.29 is 14.0 Å². The Kier molecular flexibility index (Phi) is 4.27. The van der Waals surface area contributed by atoms with Crippen molar-refractivity contribution in [3.63, 3.8) is 0 Å². The molecule has 0 spiro atoms. The van der Waals surface area contributed by atoms with Crippen LogP contribution in [-0.4, -0.2) is 11.7 Å². The number of amides is 1. The van der Waals surface area contributed by atoms with Crippen molar-refractivity contribution >= 4 is 23.0 Å². The molecule has 3 nitrogen and oxygen atoms in total. The van der Waals surface area contributed by atoms with Gasteiger partial charge in [-0.1, -0.05) is 18.2 Å². The van der Waals surface area contributed by atoms with Gasteiger partial charge in [-0.25, -0.2) is 4.39 Å². The van der Waals surface area contributed by atoms with Gasteiger partial charge in [0.05, 0.1) is 4.88 Å². The summed E-state index contributed by atoms with van der Waals surface area (Å²) in [6.45, 7) is 1.81. The van der Waals surface area contributed by atoms with Crippen LogP contribution in [0.3, 0.4) is 0 Å². The zero-order valence-corrected chi connectivity index (χ0v) is 13.7. The molecule has 0 atom stereocenters. The van der Waals surface area contributed by atoms with Crippen LogP contribution in [0.1, 0.15) is 31.2 Å². The third-order valence-corrected chi connectivity index (χ3v) is 4.86. The first-order valence-corrected chi connectivity index (χ1v) is 8.08. The van der Waals surface area contributed by atoms with E-state index in [4.69, 9.17) is 5.73 Å². The van der Waals surface area contributed by atoms with Crippen molar-refractivity contribution in [3.05, 3.63) is 82.0 Å². The number of benzene rings is 2. The molecule has 1 aromatic heterocycles. The number of rotatable bonds is 4. The van der Waals surface area contributed by atoms with Crippen LogP contribution in [0.15, 0.2) is 54.6 Å². The standard InChI is InChI=1S/C19H14FNO2S/c1-11-2-3-13(19(21)23)10-15(11)18(22)17-9-8-16(24-17)12-4-6-14(20)7-5-12/h2-10H,1H3,(H2,21,23). The van der Waals surface area contributed by atoms with E-state index in [1.54, 1.807) is 30.3 Å². The summed E-state index contributed by atoms with van der Waals surface area (Å²) in [4.78, 5) is 25.5. The Morgan fingerprint density at radius 1 is 1.00 bits per heavy atom. The van der Waals surface area contributed by atoms with Gasteiger partial charge in [0, 0.05) is 16.0 Å². The summed E-state index contributed by atoms with van der Waals surface area (Å²) in [6.07, 6.45) is 0. The molecule has 3 rings (SSSR count). The summed E-state index contributed by atoms with van der Waals surface area (Å²) in [5.41, 5.74) is 7.68. The molecule has 0 bridgehead atoms. The van der Waals surface area contributed by atoms with Crippen molar-refractivity contribution in [3.8, 4) is 10.4 Å².